The van der Waals surface area contributed by atoms with Gasteiger partial charge in [0.05, 0.1) is 18.4 Å². The van der Waals surface area contributed by atoms with Crippen LogP contribution in [0.3, 0.4) is 0 Å². The highest BCUT2D eigenvalue weighted by molar-refractivity contribution is 5.85. The SMILES string of the molecule is Nc1ccc(OCCCn2ccnn2)cc1.O=C(O)c1coc(C=Cc2ccc(C(F)(F)F)cc2)n1. The minimum Gasteiger partial charge on any atom is -0.494 e. The van der Waals surface area contributed by atoms with Crippen molar-refractivity contribution < 1.29 is 32.2 Å². The number of benzene rings is 2. The number of halogens is 3. The van der Waals surface area contributed by atoms with Crippen molar-refractivity contribution in [2.45, 2.75) is 19.1 Å². The zero-order valence-electron chi connectivity index (χ0n) is 18.8. The Morgan fingerprint density at radius 3 is 2.42 bits per heavy atom. The van der Waals surface area contributed by atoms with Gasteiger partial charge in [-0.1, -0.05) is 17.3 Å². The average Bonchev–Trinajstić information content (AvgIpc) is 3.54. The molecule has 0 radical (unpaired) electrons. The summed E-state index contributed by atoms with van der Waals surface area (Å²) in [7, 11) is 0. The standard InChI is InChI=1S/C13H8F3NO3.C11H14N4O/c14-13(15,16)9-4-1-8(2-5-9)3-6-11-17-10(7-20-11)12(18)19;12-10-2-4-11(5-3-10)16-9-1-7-15-8-6-13-14-15/h1-7H,(H,18,19);2-6,8H,1,7,9,12H2. The van der Waals surface area contributed by atoms with Crippen LogP contribution < -0.4 is 10.5 Å². The predicted molar refractivity (Wildman–Crippen MR) is 125 cm³/mol. The van der Waals surface area contributed by atoms with Crippen LogP contribution in [0.4, 0.5) is 18.9 Å². The van der Waals surface area contributed by atoms with E-state index >= 15 is 0 Å². The number of aryl methyl sites for hydroxylation is 1. The maximum absolute atomic E-state index is 12.4. The molecule has 0 aliphatic rings. The zero-order chi connectivity index (χ0) is 26.0. The van der Waals surface area contributed by atoms with E-state index < -0.39 is 17.7 Å². The molecule has 0 aliphatic heterocycles. The van der Waals surface area contributed by atoms with Gasteiger partial charge in [-0.05, 0) is 48.0 Å². The van der Waals surface area contributed by atoms with E-state index in [9.17, 15) is 18.0 Å². The van der Waals surface area contributed by atoms with Crippen molar-refractivity contribution in [3.05, 3.63) is 89.9 Å². The van der Waals surface area contributed by atoms with E-state index in [1.54, 1.807) is 10.9 Å². The van der Waals surface area contributed by atoms with Crippen molar-refractivity contribution in [1.29, 1.82) is 0 Å². The molecule has 0 spiro atoms. The second-order valence-electron chi connectivity index (χ2n) is 7.27. The Morgan fingerprint density at radius 1 is 1.11 bits per heavy atom. The molecule has 12 heteroatoms. The van der Waals surface area contributed by atoms with Gasteiger partial charge in [0.15, 0.2) is 5.69 Å². The molecule has 4 rings (SSSR count). The molecule has 0 saturated carbocycles. The number of carbonyl (C=O) groups is 1. The molecule has 0 atom stereocenters. The number of oxazole rings is 1. The maximum atomic E-state index is 12.4. The lowest BCUT2D eigenvalue weighted by Gasteiger charge is -2.05. The van der Waals surface area contributed by atoms with Crippen LogP contribution in [-0.4, -0.2) is 37.7 Å². The molecule has 0 saturated heterocycles. The number of carboxylic acid groups (broad SMARTS) is 1. The van der Waals surface area contributed by atoms with Crippen LogP contribution in [0.25, 0.3) is 12.2 Å². The number of aromatic carboxylic acids is 1. The normalized spacial score (nSPS) is 11.2. The van der Waals surface area contributed by atoms with E-state index in [2.05, 4.69) is 15.3 Å². The molecule has 9 nitrogen and oxygen atoms in total. The average molecular weight is 501 g/mol. The number of alkyl halides is 3. The van der Waals surface area contributed by atoms with Crippen molar-refractivity contribution in [2.75, 3.05) is 12.3 Å². The van der Waals surface area contributed by atoms with Gasteiger partial charge < -0.3 is 20.0 Å². The third kappa shape index (κ3) is 8.31. The quantitative estimate of drug-likeness (QED) is 0.258. The lowest BCUT2D eigenvalue weighted by atomic mass is 10.1. The molecule has 36 heavy (non-hydrogen) atoms. The number of hydrogen-bond donors (Lipinski definition) is 2. The summed E-state index contributed by atoms with van der Waals surface area (Å²) >= 11 is 0. The topological polar surface area (TPSA) is 129 Å². The number of nitrogens with two attached hydrogens (primary N) is 1. The first-order chi connectivity index (χ1) is 17.2. The minimum absolute atomic E-state index is 0.0577. The number of nitrogen functional groups attached to an aromatic ring is 1. The van der Waals surface area contributed by atoms with Gasteiger partial charge in [0.2, 0.25) is 5.89 Å². The van der Waals surface area contributed by atoms with Crippen LogP contribution in [0.5, 0.6) is 5.75 Å². The fraction of sp³-hybridized carbons (Fsp3) is 0.167. The van der Waals surface area contributed by atoms with Crippen LogP contribution in [-0.2, 0) is 12.7 Å². The summed E-state index contributed by atoms with van der Waals surface area (Å²) in [5.41, 5.74) is 5.85. The van der Waals surface area contributed by atoms with Crippen molar-refractivity contribution >= 4 is 23.8 Å². The van der Waals surface area contributed by atoms with Crippen LogP contribution in [0.1, 0.15) is 33.9 Å². The van der Waals surface area contributed by atoms with Gasteiger partial charge in [-0.2, -0.15) is 13.2 Å². The Kier molecular flexibility index (Phi) is 8.81. The second-order valence-corrected chi connectivity index (χ2v) is 7.27. The Morgan fingerprint density at radius 2 is 1.83 bits per heavy atom. The molecule has 0 unspecified atom stereocenters. The van der Waals surface area contributed by atoms with Crippen LogP contribution in [0.2, 0.25) is 0 Å². The highest BCUT2D eigenvalue weighted by atomic mass is 19.4. The molecule has 188 valence electrons. The van der Waals surface area contributed by atoms with Crippen LogP contribution in [0, 0.1) is 0 Å². The van der Waals surface area contributed by atoms with E-state index in [1.807, 2.05) is 30.5 Å². The van der Waals surface area contributed by atoms with E-state index in [0.717, 1.165) is 42.8 Å². The van der Waals surface area contributed by atoms with E-state index in [0.29, 0.717) is 12.2 Å². The molecular weight excluding hydrogens is 479 g/mol. The van der Waals surface area contributed by atoms with Crippen molar-refractivity contribution in [3.8, 4) is 5.75 Å². The first-order valence-electron chi connectivity index (χ1n) is 10.6. The van der Waals surface area contributed by atoms with Crippen LogP contribution >= 0.6 is 0 Å². The lowest BCUT2D eigenvalue weighted by Crippen LogP contribution is -2.05. The molecule has 0 amide bonds. The molecule has 3 N–H and O–H groups in total. The molecule has 0 aliphatic carbocycles. The number of rotatable bonds is 8. The van der Waals surface area contributed by atoms with Gasteiger partial charge in [0.25, 0.3) is 0 Å². The Hall–Kier alpha value is -4.61. The summed E-state index contributed by atoms with van der Waals surface area (Å²) in [5.74, 6) is -0.321. The summed E-state index contributed by atoms with van der Waals surface area (Å²) in [4.78, 5) is 14.2. The second kappa shape index (κ2) is 12.2. The molecule has 2 aromatic carbocycles. The third-order valence-electron chi connectivity index (χ3n) is 4.55. The minimum atomic E-state index is -4.37. The van der Waals surface area contributed by atoms with Gasteiger partial charge in [-0.3, -0.25) is 4.68 Å². The summed E-state index contributed by atoms with van der Waals surface area (Å²) in [6, 6.07) is 11.9. The maximum Gasteiger partial charge on any atom is 0.416 e. The summed E-state index contributed by atoms with van der Waals surface area (Å²) in [5, 5.41) is 16.2. The predicted octanol–water partition coefficient (Wildman–Crippen LogP) is 4.89. The lowest BCUT2D eigenvalue weighted by molar-refractivity contribution is -0.137. The fourth-order valence-corrected chi connectivity index (χ4v) is 2.75. The van der Waals surface area contributed by atoms with E-state index in [4.69, 9.17) is 20.0 Å². The first-order valence-corrected chi connectivity index (χ1v) is 10.6. The molecular formula is C24H22F3N5O4. The summed E-state index contributed by atoms with van der Waals surface area (Å²) in [6.45, 7) is 1.47. The van der Waals surface area contributed by atoms with Crippen molar-refractivity contribution in [3.63, 3.8) is 0 Å². The number of carboxylic acids is 1. The summed E-state index contributed by atoms with van der Waals surface area (Å²) in [6.07, 6.45) is 3.85. The van der Waals surface area contributed by atoms with Gasteiger partial charge >= 0.3 is 12.1 Å². The van der Waals surface area contributed by atoms with Gasteiger partial charge in [-0.25, -0.2) is 9.78 Å². The number of ether oxygens (including phenoxy) is 1. The molecule has 2 heterocycles. The first kappa shape index (κ1) is 26.0. The van der Waals surface area contributed by atoms with Crippen molar-refractivity contribution in [1.82, 2.24) is 20.0 Å². The highest BCUT2D eigenvalue weighted by Crippen LogP contribution is 2.29. The molecule has 4 aromatic rings. The molecule has 0 fully saturated rings. The number of aromatic nitrogens is 4. The summed E-state index contributed by atoms with van der Waals surface area (Å²) < 4.78 is 49.2. The number of anilines is 1. The number of hydrogen-bond acceptors (Lipinski definition) is 7. The van der Waals surface area contributed by atoms with E-state index in [-0.39, 0.29) is 11.6 Å². The molecule has 0 bridgehead atoms. The van der Waals surface area contributed by atoms with Crippen LogP contribution in [0.15, 0.2) is 71.6 Å². The smallest absolute Gasteiger partial charge is 0.416 e. The Bertz CT molecular complexity index is 1250. The monoisotopic (exact) mass is 501 g/mol. The van der Waals surface area contributed by atoms with E-state index in [1.165, 1.54) is 24.3 Å². The largest absolute Gasteiger partial charge is 0.494 e. The Balaban J connectivity index is 0.000000205. The Labute approximate surface area is 203 Å². The van der Waals surface area contributed by atoms with Gasteiger partial charge in [-0.15, -0.1) is 5.10 Å². The number of nitrogens with zero attached hydrogens (tertiary/aromatic N) is 4. The van der Waals surface area contributed by atoms with Gasteiger partial charge in [0, 0.05) is 30.9 Å². The third-order valence-corrected chi connectivity index (χ3v) is 4.55. The van der Waals surface area contributed by atoms with Gasteiger partial charge in [0.1, 0.15) is 12.0 Å². The molecule has 2 aromatic heterocycles. The highest BCUT2D eigenvalue weighted by Gasteiger charge is 2.29. The zero-order valence-corrected chi connectivity index (χ0v) is 18.8. The fourth-order valence-electron chi connectivity index (χ4n) is 2.75. The van der Waals surface area contributed by atoms with Crippen molar-refractivity contribution in [2.24, 2.45) is 0 Å².